The number of aliphatic hydroxyl groups is 1. The SMILES string of the molecule is OCCNCc1scnc1Br. The lowest BCUT2D eigenvalue weighted by Gasteiger charge is -1.98. The van der Waals surface area contributed by atoms with E-state index in [9.17, 15) is 0 Å². The van der Waals surface area contributed by atoms with Gasteiger partial charge in [-0.2, -0.15) is 0 Å². The third kappa shape index (κ3) is 2.86. The summed E-state index contributed by atoms with van der Waals surface area (Å²) in [5.41, 5.74) is 1.79. The molecule has 11 heavy (non-hydrogen) atoms. The molecule has 0 aliphatic heterocycles. The maximum absolute atomic E-state index is 8.48. The van der Waals surface area contributed by atoms with Crippen molar-refractivity contribution in [1.82, 2.24) is 10.3 Å². The molecular weight excluding hydrogens is 228 g/mol. The maximum Gasteiger partial charge on any atom is 0.121 e. The minimum Gasteiger partial charge on any atom is -0.395 e. The monoisotopic (exact) mass is 236 g/mol. The van der Waals surface area contributed by atoms with Crippen LogP contribution in [-0.4, -0.2) is 23.2 Å². The van der Waals surface area contributed by atoms with Crippen LogP contribution in [0.1, 0.15) is 4.88 Å². The lowest BCUT2D eigenvalue weighted by molar-refractivity contribution is 0.292. The van der Waals surface area contributed by atoms with E-state index in [0.717, 1.165) is 11.1 Å². The van der Waals surface area contributed by atoms with E-state index in [4.69, 9.17) is 5.11 Å². The molecule has 0 saturated heterocycles. The average Bonchev–Trinajstić information content (AvgIpc) is 2.37. The third-order valence-corrected chi connectivity index (χ3v) is 2.94. The number of nitrogens with one attached hydrogen (secondary N) is 1. The van der Waals surface area contributed by atoms with Gasteiger partial charge < -0.3 is 10.4 Å². The van der Waals surface area contributed by atoms with Gasteiger partial charge >= 0.3 is 0 Å². The summed E-state index contributed by atoms with van der Waals surface area (Å²) in [5.74, 6) is 0. The van der Waals surface area contributed by atoms with Gasteiger partial charge in [0.15, 0.2) is 0 Å². The highest BCUT2D eigenvalue weighted by atomic mass is 79.9. The van der Waals surface area contributed by atoms with Crippen LogP contribution < -0.4 is 5.32 Å². The van der Waals surface area contributed by atoms with Crippen molar-refractivity contribution in [3.8, 4) is 0 Å². The first-order chi connectivity index (χ1) is 5.34. The quantitative estimate of drug-likeness (QED) is 0.767. The number of halogens is 1. The Kier molecular flexibility index (Phi) is 3.99. The smallest absolute Gasteiger partial charge is 0.121 e. The molecule has 0 atom stereocenters. The van der Waals surface area contributed by atoms with Gasteiger partial charge in [-0.1, -0.05) is 0 Å². The summed E-state index contributed by atoms with van der Waals surface area (Å²) in [5, 5.41) is 11.5. The van der Waals surface area contributed by atoms with E-state index in [0.29, 0.717) is 6.54 Å². The lowest BCUT2D eigenvalue weighted by atomic mass is 10.5. The molecule has 0 amide bonds. The molecule has 0 spiro atoms. The summed E-state index contributed by atoms with van der Waals surface area (Å²) in [6, 6.07) is 0. The predicted octanol–water partition coefficient (Wildman–Crippen LogP) is 0.988. The number of aromatic nitrogens is 1. The fraction of sp³-hybridized carbons (Fsp3) is 0.500. The normalized spacial score (nSPS) is 10.4. The van der Waals surface area contributed by atoms with E-state index < -0.39 is 0 Å². The Morgan fingerprint density at radius 3 is 3.09 bits per heavy atom. The summed E-state index contributed by atoms with van der Waals surface area (Å²) in [6.45, 7) is 1.58. The van der Waals surface area contributed by atoms with Crippen LogP contribution in [0.15, 0.2) is 10.1 Å². The largest absolute Gasteiger partial charge is 0.395 e. The second-order valence-corrected chi connectivity index (χ2v) is 3.66. The molecule has 0 aromatic carbocycles. The van der Waals surface area contributed by atoms with Crippen molar-refractivity contribution in [1.29, 1.82) is 0 Å². The van der Waals surface area contributed by atoms with Crippen molar-refractivity contribution in [2.75, 3.05) is 13.2 Å². The first-order valence-electron chi connectivity index (χ1n) is 3.24. The zero-order valence-electron chi connectivity index (χ0n) is 5.88. The molecule has 5 heteroatoms. The Hall–Kier alpha value is 0.0300. The highest BCUT2D eigenvalue weighted by Crippen LogP contribution is 2.18. The van der Waals surface area contributed by atoms with Crippen LogP contribution in [0.3, 0.4) is 0 Å². The van der Waals surface area contributed by atoms with Crippen LogP contribution >= 0.6 is 27.3 Å². The van der Waals surface area contributed by atoms with Crippen LogP contribution in [-0.2, 0) is 6.54 Å². The minimum absolute atomic E-state index is 0.177. The first-order valence-corrected chi connectivity index (χ1v) is 4.91. The van der Waals surface area contributed by atoms with Crippen LogP contribution in [0.2, 0.25) is 0 Å². The van der Waals surface area contributed by atoms with Gasteiger partial charge in [0.25, 0.3) is 0 Å². The number of nitrogens with zero attached hydrogens (tertiary/aromatic N) is 1. The van der Waals surface area contributed by atoms with Crippen molar-refractivity contribution >= 4 is 27.3 Å². The topological polar surface area (TPSA) is 45.1 Å². The number of hydrogen-bond acceptors (Lipinski definition) is 4. The zero-order chi connectivity index (χ0) is 8.10. The van der Waals surface area contributed by atoms with Crippen molar-refractivity contribution in [2.24, 2.45) is 0 Å². The fourth-order valence-electron chi connectivity index (χ4n) is 0.652. The molecular formula is C6H9BrN2OS. The van der Waals surface area contributed by atoms with Crippen molar-refractivity contribution in [3.63, 3.8) is 0 Å². The van der Waals surface area contributed by atoms with Gasteiger partial charge in [0.05, 0.1) is 17.0 Å². The van der Waals surface area contributed by atoms with Crippen LogP contribution in [0, 0.1) is 0 Å². The summed E-state index contributed by atoms with van der Waals surface area (Å²) in [4.78, 5) is 5.19. The number of hydrogen-bond donors (Lipinski definition) is 2. The van der Waals surface area contributed by atoms with E-state index in [1.54, 1.807) is 16.8 Å². The fourth-order valence-corrected chi connectivity index (χ4v) is 1.93. The maximum atomic E-state index is 8.48. The third-order valence-electron chi connectivity index (χ3n) is 1.17. The van der Waals surface area contributed by atoms with Crippen LogP contribution in [0.5, 0.6) is 0 Å². The van der Waals surface area contributed by atoms with E-state index >= 15 is 0 Å². The molecule has 0 fully saturated rings. The molecule has 3 nitrogen and oxygen atoms in total. The molecule has 0 aliphatic carbocycles. The van der Waals surface area contributed by atoms with Crippen LogP contribution in [0.25, 0.3) is 0 Å². The van der Waals surface area contributed by atoms with Gasteiger partial charge in [0, 0.05) is 13.1 Å². The summed E-state index contributed by atoms with van der Waals surface area (Å²) in [6.07, 6.45) is 0. The molecule has 0 aliphatic rings. The Morgan fingerprint density at radius 1 is 1.73 bits per heavy atom. The molecule has 0 saturated carbocycles. The molecule has 1 heterocycles. The molecule has 2 N–H and O–H groups in total. The number of thiazole rings is 1. The van der Waals surface area contributed by atoms with E-state index in [2.05, 4.69) is 26.2 Å². The van der Waals surface area contributed by atoms with Gasteiger partial charge in [-0.25, -0.2) is 4.98 Å². The molecule has 1 aromatic rings. The molecule has 62 valence electrons. The molecule has 1 rings (SSSR count). The number of rotatable bonds is 4. The Bertz CT molecular complexity index is 216. The summed E-state index contributed by atoms with van der Waals surface area (Å²) in [7, 11) is 0. The van der Waals surface area contributed by atoms with Gasteiger partial charge in [-0.05, 0) is 15.9 Å². The Balaban J connectivity index is 2.32. The van der Waals surface area contributed by atoms with Gasteiger partial charge in [0.2, 0.25) is 0 Å². The minimum atomic E-state index is 0.177. The Labute approximate surface area is 77.6 Å². The van der Waals surface area contributed by atoms with Crippen LogP contribution in [0.4, 0.5) is 0 Å². The summed E-state index contributed by atoms with van der Waals surface area (Å²) < 4.78 is 0.896. The van der Waals surface area contributed by atoms with Crippen molar-refractivity contribution < 1.29 is 5.11 Å². The summed E-state index contributed by atoms with van der Waals surface area (Å²) >= 11 is 4.91. The highest BCUT2D eigenvalue weighted by molar-refractivity contribution is 9.10. The standard InChI is InChI=1S/C6H9BrN2OS/c7-6-5(11-4-9-6)3-8-1-2-10/h4,8,10H,1-3H2. The molecule has 0 radical (unpaired) electrons. The van der Waals surface area contributed by atoms with Crippen molar-refractivity contribution in [2.45, 2.75) is 6.54 Å². The molecule has 1 aromatic heterocycles. The first kappa shape index (κ1) is 9.12. The second kappa shape index (κ2) is 4.82. The van der Waals surface area contributed by atoms with E-state index in [-0.39, 0.29) is 6.61 Å². The van der Waals surface area contributed by atoms with E-state index in [1.165, 1.54) is 4.88 Å². The second-order valence-electron chi connectivity index (χ2n) is 1.97. The Morgan fingerprint density at radius 2 is 2.55 bits per heavy atom. The zero-order valence-corrected chi connectivity index (χ0v) is 8.28. The van der Waals surface area contributed by atoms with Gasteiger partial charge in [0.1, 0.15) is 4.60 Å². The number of aliphatic hydroxyl groups excluding tert-OH is 1. The van der Waals surface area contributed by atoms with E-state index in [1.807, 2.05) is 0 Å². The average molecular weight is 237 g/mol. The van der Waals surface area contributed by atoms with Crippen molar-refractivity contribution in [3.05, 3.63) is 15.0 Å². The predicted molar refractivity (Wildman–Crippen MR) is 48.6 cm³/mol. The molecule has 0 unspecified atom stereocenters. The van der Waals surface area contributed by atoms with Gasteiger partial charge in [-0.15, -0.1) is 11.3 Å². The van der Waals surface area contributed by atoms with Gasteiger partial charge in [-0.3, -0.25) is 0 Å². The lowest BCUT2D eigenvalue weighted by Crippen LogP contribution is -2.16. The highest BCUT2D eigenvalue weighted by Gasteiger charge is 2.00. The molecule has 0 bridgehead atoms.